The molecule has 1 N–H and O–H groups in total. The zero-order valence-corrected chi connectivity index (χ0v) is 17.5. The van der Waals surface area contributed by atoms with Gasteiger partial charge in [-0.05, 0) is 53.5 Å². The first-order valence-electron chi connectivity index (χ1n) is 9.66. The Bertz CT molecular complexity index is 872. The summed E-state index contributed by atoms with van der Waals surface area (Å²) in [4.78, 5) is 32.1. The molecule has 2 amide bonds. The van der Waals surface area contributed by atoms with Crippen LogP contribution in [0.1, 0.15) is 41.1 Å². The average Bonchev–Trinajstić information content (AvgIpc) is 3.17. The van der Waals surface area contributed by atoms with Gasteiger partial charge in [0.05, 0.1) is 6.42 Å². The lowest BCUT2D eigenvalue weighted by Gasteiger charge is -2.30. The van der Waals surface area contributed by atoms with Crippen LogP contribution < -0.4 is 5.32 Å². The quantitative estimate of drug-likeness (QED) is 0.760. The molecule has 0 bridgehead atoms. The highest BCUT2D eigenvalue weighted by Crippen LogP contribution is 2.24. The van der Waals surface area contributed by atoms with E-state index in [4.69, 9.17) is 0 Å². The lowest BCUT2D eigenvalue weighted by molar-refractivity contribution is -0.127. The third-order valence-electron chi connectivity index (χ3n) is 4.91. The van der Waals surface area contributed by atoms with Gasteiger partial charge in [-0.1, -0.05) is 26.0 Å². The molecule has 5 nitrogen and oxygen atoms in total. The molecule has 1 aliphatic rings. The van der Waals surface area contributed by atoms with Crippen LogP contribution >= 0.6 is 11.3 Å². The Morgan fingerprint density at radius 2 is 2.21 bits per heavy atom. The minimum Gasteiger partial charge on any atom is -0.352 e. The lowest BCUT2D eigenvalue weighted by Crippen LogP contribution is -2.36. The van der Waals surface area contributed by atoms with E-state index in [0.29, 0.717) is 32.0 Å². The van der Waals surface area contributed by atoms with Gasteiger partial charge in [-0.25, -0.2) is 0 Å². The number of rotatable bonds is 6. The van der Waals surface area contributed by atoms with Crippen molar-refractivity contribution < 1.29 is 9.59 Å². The summed E-state index contributed by atoms with van der Waals surface area (Å²) in [5.74, 6) is 0.423. The summed E-state index contributed by atoms with van der Waals surface area (Å²) in [6, 6.07) is 3.93. The molecule has 0 saturated carbocycles. The van der Waals surface area contributed by atoms with Gasteiger partial charge in [-0.15, -0.1) is 11.3 Å². The Labute approximate surface area is 170 Å². The van der Waals surface area contributed by atoms with Crippen molar-refractivity contribution in [2.24, 2.45) is 5.92 Å². The third kappa shape index (κ3) is 5.07. The van der Waals surface area contributed by atoms with E-state index in [2.05, 4.69) is 24.1 Å². The Morgan fingerprint density at radius 1 is 1.39 bits per heavy atom. The fraction of sp³-hybridized carbons (Fsp3) is 0.409. The molecule has 0 spiro atoms. The smallest absolute Gasteiger partial charge is 0.246 e. The van der Waals surface area contributed by atoms with Gasteiger partial charge in [0, 0.05) is 36.4 Å². The van der Waals surface area contributed by atoms with Gasteiger partial charge in [0.2, 0.25) is 11.8 Å². The second-order valence-corrected chi connectivity index (χ2v) is 8.50. The predicted octanol–water partition coefficient (Wildman–Crippen LogP) is 3.41. The van der Waals surface area contributed by atoms with Crippen molar-refractivity contribution in [3.63, 3.8) is 0 Å². The number of amides is 2. The minimum absolute atomic E-state index is 0.0193. The normalized spacial score (nSPS) is 13.8. The molecular formula is C22H27N3O2S. The molecule has 2 aromatic rings. The van der Waals surface area contributed by atoms with E-state index < -0.39 is 0 Å². The number of aryl methyl sites for hydroxylation is 1. The number of carbonyl (C=O) groups is 2. The summed E-state index contributed by atoms with van der Waals surface area (Å²) < 4.78 is 0. The molecule has 0 saturated heterocycles. The van der Waals surface area contributed by atoms with Crippen LogP contribution in [0, 0.1) is 12.8 Å². The Morgan fingerprint density at radius 3 is 2.93 bits per heavy atom. The Hall–Kier alpha value is -2.47. The van der Waals surface area contributed by atoms with Gasteiger partial charge in [0.1, 0.15) is 0 Å². The molecule has 1 aliphatic heterocycles. The Balaban J connectivity index is 1.67. The summed E-state index contributed by atoms with van der Waals surface area (Å²) in [5.41, 5.74) is 4.32. The molecule has 148 valence electrons. The van der Waals surface area contributed by atoms with Crippen LogP contribution in [-0.4, -0.2) is 28.2 Å². The highest BCUT2D eigenvalue weighted by Gasteiger charge is 2.23. The lowest BCUT2D eigenvalue weighted by atomic mass is 9.94. The summed E-state index contributed by atoms with van der Waals surface area (Å²) in [6.45, 7) is 7.83. The molecule has 0 unspecified atom stereocenters. The van der Waals surface area contributed by atoms with Crippen molar-refractivity contribution in [2.75, 3.05) is 6.54 Å². The van der Waals surface area contributed by atoms with E-state index in [-0.39, 0.29) is 11.8 Å². The number of thiophene rings is 1. The van der Waals surface area contributed by atoms with Crippen LogP contribution in [0.25, 0.3) is 0 Å². The van der Waals surface area contributed by atoms with Crippen LogP contribution in [0.3, 0.4) is 0 Å². The highest BCUT2D eigenvalue weighted by atomic mass is 32.1. The molecule has 3 rings (SSSR count). The van der Waals surface area contributed by atoms with Gasteiger partial charge in [-0.2, -0.15) is 0 Å². The van der Waals surface area contributed by atoms with Crippen molar-refractivity contribution in [1.82, 2.24) is 15.2 Å². The van der Waals surface area contributed by atoms with E-state index in [1.165, 1.54) is 5.56 Å². The fourth-order valence-corrected chi connectivity index (χ4v) is 4.05. The van der Waals surface area contributed by atoms with Crippen LogP contribution in [-0.2, 0) is 35.5 Å². The van der Waals surface area contributed by atoms with Crippen molar-refractivity contribution in [3.05, 3.63) is 63.1 Å². The second-order valence-electron chi connectivity index (χ2n) is 7.47. The SMILES string of the molecule is Cc1ncc2c(c1CNC(=O)Cc1cccs1)CCN(C(=O)/C=C/C(C)C)C2. The molecule has 0 radical (unpaired) electrons. The summed E-state index contributed by atoms with van der Waals surface area (Å²) in [5, 5.41) is 5.01. The van der Waals surface area contributed by atoms with E-state index in [9.17, 15) is 9.59 Å². The predicted molar refractivity (Wildman–Crippen MR) is 112 cm³/mol. The molecule has 0 aliphatic carbocycles. The van der Waals surface area contributed by atoms with Gasteiger partial charge in [0.15, 0.2) is 0 Å². The van der Waals surface area contributed by atoms with E-state index in [1.807, 2.05) is 41.6 Å². The maximum atomic E-state index is 12.4. The molecule has 28 heavy (non-hydrogen) atoms. The number of pyridine rings is 1. The number of fused-ring (bicyclic) bond motifs is 1. The van der Waals surface area contributed by atoms with Gasteiger partial charge in [0.25, 0.3) is 0 Å². The zero-order valence-electron chi connectivity index (χ0n) is 16.7. The van der Waals surface area contributed by atoms with Gasteiger partial charge >= 0.3 is 0 Å². The number of hydrogen-bond donors (Lipinski definition) is 1. The molecule has 3 heterocycles. The highest BCUT2D eigenvalue weighted by molar-refractivity contribution is 7.10. The second kappa shape index (κ2) is 9.15. The van der Waals surface area contributed by atoms with E-state index in [1.54, 1.807) is 17.4 Å². The van der Waals surface area contributed by atoms with E-state index in [0.717, 1.165) is 28.1 Å². The molecule has 0 fully saturated rings. The minimum atomic E-state index is 0.0193. The Kier molecular flexibility index (Phi) is 6.62. The average molecular weight is 398 g/mol. The third-order valence-corrected chi connectivity index (χ3v) is 5.78. The van der Waals surface area contributed by atoms with E-state index >= 15 is 0 Å². The van der Waals surface area contributed by atoms with Crippen molar-refractivity contribution in [1.29, 1.82) is 0 Å². The standard InChI is InChI=1S/C22H27N3O2S/c1-15(2)6-7-22(27)25-9-8-19-17(14-25)12-23-16(3)20(19)13-24-21(26)11-18-5-4-10-28-18/h4-7,10,12,15H,8-9,11,13-14H2,1-3H3,(H,24,26)/b7-6+. The van der Waals surface area contributed by atoms with Crippen LogP contribution in [0.15, 0.2) is 35.9 Å². The van der Waals surface area contributed by atoms with Crippen molar-refractivity contribution in [3.8, 4) is 0 Å². The fourth-order valence-electron chi connectivity index (χ4n) is 3.35. The molecule has 0 aromatic carbocycles. The van der Waals surface area contributed by atoms with Crippen LogP contribution in [0.4, 0.5) is 0 Å². The van der Waals surface area contributed by atoms with Gasteiger partial charge < -0.3 is 10.2 Å². The zero-order chi connectivity index (χ0) is 20.1. The molecule has 0 atom stereocenters. The number of nitrogens with one attached hydrogen (secondary N) is 1. The maximum Gasteiger partial charge on any atom is 0.246 e. The number of carbonyl (C=O) groups excluding carboxylic acids is 2. The molecule has 6 heteroatoms. The van der Waals surface area contributed by atoms with Crippen molar-refractivity contribution >= 4 is 23.2 Å². The molecule has 2 aromatic heterocycles. The summed E-state index contributed by atoms with van der Waals surface area (Å²) >= 11 is 1.59. The first kappa shape index (κ1) is 20.3. The van der Waals surface area contributed by atoms with Crippen molar-refractivity contribution in [2.45, 2.75) is 46.7 Å². The topological polar surface area (TPSA) is 62.3 Å². The number of allylic oxidation sites excluding steroid dienone is 1. The largest absolute Gasteiger partial charge is 0.352 e. The van der Waals surface area contributed by atoms with Gasteiger partial charge in [-0.3, -0.25) is 14.6 Å². The number of aromatic nitrogens is 1. The summed E-state index contributed by atoms with van der Waals surface area (Å²) in [7, 11) is 0. The van der Waals surface area contributed by atoms with Crippen LogP contribution in [0.2, 0.25) is 0 Å². The number of hydrogen-bond acceptors (Lipinski definition) is 4. The monoisotopic (exact) mass is 397 g/mol. The first-order valence-corrected chi connectivity index (χ1v) is 10.5. The maximum absolute atomic E-state index is 12.4. The number of nitrogens with zero attached hydrogens (tertiary/aromatic N) is 2. The van der Waals surface area contributed by atoms with Crippen LogP contribution in [0.5, 0.6) is 0 Å². The first-order chi connectivity index (χ1) is 13.4. The summed E-state index contributed by atoms with van der Waals surface area (Å²) in [6.07, 6.45) is 6.66. The molecular weight excluding hydrogens is 370 g/mol.